The van der Waals surface area contributed by atoms with E-state index in [2.05, 4.69) is 14.9 Å². The van der Waals surface area contributed by atoms with Gasteiger partial charge in [0, 0.05) is 6.07 Å². The van der Waals surface area contributed by atoms with Crippen LogP contribution in [-0.4, -0.2) is 30.8 Å². The predicted octanol–water partition coefficient (Wildman–Crippen LogP) is 1.67. The van der Waals surface area contributed by atoms with Crippen molar-refractivity contribution in [2.75, 3.05) is 11.8 Å². The van der Waals surface area contributed by atoms with Crippen molar-refractivity contribution in [1.29, 1.82) is 0 Å². The van der Waals surface area contributed by atoms with Crippen LogP contribution >= 0.6 is 11.6 Å². The van der Waals surface area contributed by atoms with Crippen LogP contribution in [0.15, 0.2) is 23.1 Å². The molecule has 1 aromatic heterocycles. The molecule has 1 aromatic carbocycles. The molecule has 0 fully saturated rings. The number of aryl methyl sites for hydroxylation is 1. The lowest BCUT2D eigenvalue weighted by Crippen LogP contribution is -2.15. The van der Waals surface area contributed by atoms with Gasteiger partial charge in [-0.05, 0) is 19.1 Å². The standard InChI is InChI=1S/C12H14ClN3O4S/c1-7-12(10(6-17)15-14-7)21(18,19)16-8-3-4-9(13)11(5-8)20-2/h3-5,16-17H,6H2,1-2H3,(H,14,15). The van der Waals surface area contributed by atoms with Gasteiger partial charge in [-0.25, -0.2) is 8.42 Å². The van der Waals surface area contributed by atoms with Crippen LogP contribution in [0.25, 0.3) is 0 Å². The molecule has 0 saturated heterocycles. The number of aromatic nitrogens is 2. The van der Waals surface area contributed by atoms with Crippen LogP contribution in [-0.2, 0) is 16.6 Å². The van der Waals surface area contributed by atoms with Crippen molar-refractivity contribution < 1.29 is 18.3 Å². The number of nitrogens with zero attached hydrogens (tertiary/aromatic N) is 1. The van der Waals surface area contributed by atoms with Gasteiger partial charge in [0.2, 0.25) is 0 Å². The number of benzene rings is 1. The molecular formula is C12H14ClN3O4S. The molecule has 0 atom stereocenters. The fourth-order valence-corrected chi connectivity index (χ4v) is 3.47. The van der Waals surface area contributed by atoms with Crippen LogP contribution in [0.1, 0.15) is 11.4 Å². The number of halogens is 1. The lowest BCUT2D eigenvalue weighted by Gasteiger charge is -2.10. The number of methoxy groups -OCH3 is 1. The van der Waals surface area contributed by atoms with Crippen LogP contribution in [0, 0.1) is 6.92 Å². The maximum Gasteiger partial charge on any atom is 0.265 e. The molecule has 1 heterocycles. The molecule has 3 N–H and O–H groups in total. The number of nitrogens with one attached hydrogen (secondary N) is 2. The molecule has 0 amide bonds. The van der Waals surface area contributed by atoms with Gasteiger partial charge in [0.05, 0.1) is 30.1 Å². The minimum Gasteiger partial charge on any atom is -0.495 e. The third-order valence-electron chi connectivity index (χ3n) is 2.78. The lowest BCUT2D eigenvalue weighted by atomic mass is 10.3. The third kappa shape index (κ3) is 3.12. The van der Waals surface area contributed by atoms with Crippen LogP contribution in [0.5, 0.6) is 5.75 Å². The highest BCUT2D eigenvalue weighted by Crippen LogP contribution is 2.29. The Bertz CT molecular complexity index is 758. The van der Waals surface area contributed by atoms with Crippen molar-refractivity contribution in [1.82, 2.24) is 10.2 Å². The fraction of sp³-hybridized carbons (Fsp3) is 0.250. The van der Waals surface area contributed by atoms with Crippen molar-refractivity contribution in [2.24, 2.45) is 0 Å². The second kappa shape index (κ2) is 5.92. The minimum absolute atomic E-state index is 0.0564. The zero-order valence-corrected chi connectivity index (χ0v) is 12.9. The van der Waals surface area contributed by atoms with E-state index >= 15 is 0 Å². The Labute approximate surface area is 127 Å². The van der Waals surface area contributed by atoms with Gasteiger partial charge in [-0.1, -0.05) is 11.6 Å². The van der Waals surface area contributed by atoms with E-state index in [0.717, 1.165) is 0 Å². The number of hydrogen-bond acceptors (Lipinski definition) is 5. The van der Waals surface area contributed by atoms with Gasteiger partial charge >= 0.3 is 0 Å². The van der Waals surface area contributed by atoms with Gasteiger partial charge < -0.3 is 9.84 Å². The van der Waals surface area contributed by atoms with Crippen molar-refractivity contribution in [3.63, 3.8) is 0 Å². The summed E-state index contributed by atoms with van der Waals surface area (Å²) in [4.78, 5) is -0.0704. The Morgan fingerprint density at radius 3 is 2.81 bits per heavy atom. The summed E-state index contributed by atoms with van der Waals surface area (Å²) >= 11 is 5.89. The van der Waals surface area contributed by atoms with Gasteiger partial charge in [0.15, 0.2) is 0 Å². The molecule has 0 aliphatic carbocycles. The molecule has 9 heteroatoms. The van der Waals surface area contributed by atoms with Gasteiger partial charge in [-0.15, -0.1) is 0 Å². The molecule has 2 aromatic rings. The van der Waals surface area contributed by atoms with Crippen LogP contribution in [0.2, 0.25) is 5.02 Å². The quantitative estimate of drug-likeness (QED) is 0.773. The highest BCUT2D eigenvalue weighted by Gasteiger charge is 2.24. The van der Waals surface area contributed by atoms with Gasteiger partial charge in [-0.3, -0.25) is 9.82 Å². The molecule has 0 aliphatic rings. The molecule has 21 heavy (non-hydrogen) atoms. The molecule has 0 radical (unpaired) electrons. The lowest BCUT2D eigenvalue weighted by molar-refractivity contribution is 0.273. The summed E-state index contributed by atoms with van der Waals surface area (Å²) in [5.41, 5.74) is 0.689. The molecular weight excluding hydrogens is 318 g/mol. The topological polar surface area (TPSA) is 104 Å². The Balaban J connectivity index is 2.40. The summed E-state index contributed by atoms with van der Waals surface area (Å²) in [6, 6.07) is 4.50. The van der Waals surface area contributed by atoms with Crippen LogP contribution < -0.4 is 9.46 Å². The predicted molar refractivity (Wildman–Crippen MR) is 78.1 cm³/mol. The van der Waals surface area contributed by atoms with E-state index in [9.17, 15) is 8.42 Å². The normalized spacial score (nSPS) is 11.4. The van der Waals surface area contributed by atoms with E-state index in [1.54, 1.807) is 6.92 Å². The van der Waals surface area contributed by atoms with Crippen molar-refractivity contribution >= 4 is 27.3 Å². The molecule has 0 bridgehead atoms. The summed E-state index contributed by atoms with van der Waals surface area (Å²) in [5.74, 6) is 0.350. The van der Waals surface area contributed by atoms with Crippen molar-refractivity contribution in [2.45, 2.75) is 18.4 Å². The first-order valence-electron chi connectivity index (χ1n) is 5.90. The molecule has 0 unspecified atom stereocenters. The average Bonchev–Trinajstić information content (AvgIpc) is 2.82. The number of hydrogen-bond donors (Lipinski definition) is 3. The first-order valence-corrected chi connectivity index (χ1v) is 7.76. The van der Waals surface area contributed by atoms with E-state index in [-0.39, 0.29) is 10.6 Å². The Morgan fingerprint density at radius 2 is 2.19 bits per heavy atom. The van der Waals surface area contributed by atoms with Gasteiger partial charge in [0.25, 0.3) is 10.0 Å². The smallest absolute Gasteiger partial charge is 0.265 e. The number of ether oxygens (including phenoxy) is 1. The maximum atomic E-state index is 12.4. The Hall–Kier alpha value is -1.77. The van der Waals surface area contributed by atoms with E-state index in [4.69, 9.17) is 21.4 Å². The second-order valence-corrected chi connectivity index (χ2v) is 6.26. The highest BCUT2D eigenvalue weighted by atomic mass is 35.5. The van der Waals surface area contributed by atoms with Gasteiger partial charge in [-0.2, -0.15) is 5.10 Å². The number of aromatic amines is 1. The minimum atomic E-state index is -3.88. The van der Waals surface area contributed by atoms with E-state index in [0.29, 0.717) is 22.2 Å². The van der Waals surface area contributed by atoms with E-state index < -0.39 is 16.6 Å². The fourth-order valence-electron chi connectivity index (χ4n) is 1.86. The summed E-state index contributed by atoms with van der Waals surface area (Å²) < 4.78 is 32.2. The number of aliphatic hydroxyl groups is 1. The number of sulfonamides is 1. The van der Waals surface area contributed by atoms with E-state index in [1.807, 2.05) is 0 Å². The largest absolute Gasteiger partial charge is 0.495 e. The van der Waals surface area contributed by atoms with Crippen LogP contribution in [0.4, 0.5) is 5.69 Å². The number of anilines is 1. The van der Waals surface area contributed by atoms with Gasteiger partial charge in [0.1, 0.15) is 16.3 Å². The third-order valence-corrected chi connectivity index (χ3v) is 4.68. The first-order chi connectivity index (χ1) is 9.89. The molecule has 0 spiro atoms. The summed E-state index contributed by atoms with van der Waals surface area (Å²) in [6.07, 6.45) is 0. The number of H-pyrrole nitrogens is 1. The van der Waals surface area contributed by atoms with E-state index in [1.165, 1.54) is 25.3 Å². The first kappa shape index (κ1) is 15.6. The molecule has 7 nitrogen and oxygen atoms in total. The number of rotatable bonds is 5. The Kier molecular flexibility index (Phi) is 4.40. The van der Waals surface area contributed by atoms with Crippen molar-refractivity contribution in [3.05, 3.63) is 34.6 Å². The molecule has 0 saturated carbocycles. The molecule has 0 aliphatic heterocycles. The summed E-state index contributed by atoms with van der Waals surface area (Å²) in [5, 5.41) is 15.8. The summed E-state index contributed by atoms with van der Waals surface area (Å²) in [7, 11) is -2.45. The maximum absolute atomic E-state index is 12.4. The highest BCUT2D eigenvalue weighted by molar-refractivity contribution is 7.92. The zero-order valence-electron chi connectivity index (χ0n) is 11.3. The number of aliphatic hydroxyl groups excluding tert-OH is 1. The SMILES string of the molecule is COc1cc(NS(=O)(=O)c2c(CO)n[nH]c2C)ccc1Cl. The van der Waals surface area contributed by atoms with Crippen LogP contribution in [0.3, 0.4) is 0 Å². The zero-order chi connectivity index (χ0) is 15.6. The summed E-state index contributed by atoms with van der Waals surface area (Å²) in [6.45, 7) is 1.08. The monoisotopic (exact) mass is 331 g/mol. The Morgan fingerprint density at radius 1 is 1.48 bits per heavy atom. The second-order valence-electron chi connectivity index (χ2n) is 4.24. The molecule has 114 valence electrons. The average molecular weight is 332 g/mol. The molecule has 2 rings (SSSR count). The van der Waals surface area contributed by atoms with Crippen molar-refractivity contribution in [3.8, 4) is 5.75 Å².